The second-order valence-electron chi connectivity index (χ2n) is 5.33. The summed E-state index contributed by atoms with van der Waals surface area (Å²) >= 11 is 0. The standard InChI is InChI=1S/C11H23N3O2/c1-11(2,3)16-10(15)14-13-9-7-5-4-6-8(9)12/h8-9,13H,4-7,12H2,1-3H3,(H,14,15)/t8-,9+/m1/s1. The zero-order chi connectivity index (χ0) is 12.2. The fourth-order valence-corrected chi connectivity index (χ4v) is 1.79. The van der Waals surface area contributed by atoms with Crippen molar-refractivity contribution in [2.45, 2.75) is 64.1 Å². The summed E-state index contributed by atoms with van der Waals surface area (Å²) in [5.41, 5.74) is 11.0. The third-order valence-corrected chi connectivity index (χ3v) is 2.58. The Morgan fingerprint density at radius 3 is 2.50 bits per heavy atom. The van der Waals surface area contributed by atoms with Crippen molar-refractivity contribution in [1.29, 1.82) is 0 Å². The summed E-state index contributed by atoms with van der Waals surface area (Å²) in [5, 5.41) is 0. The van der Waals surface area contributed by atoms with Gasteiger partial charge in [0, 0.05) is 12.1 Å². The number of nitrogens with two attached hydrogens (primary N) is 1. The first-order chi connectivity index (χ1) is 7.38. The molecule has 4 N–H and O–H groups in total. The number of nitrogens with one attached hydrogen (secondary N) is 2. The van der Waals surface area contributed by atoms with E-state index in [0.29, 0.717) is 0 Å². The molecular formula is C11H23N3O2. The van der Waals surface area contributed by atoms with Gasteiger partial charge in [-0.2, -0.15) is 0 Å². The van der Waals surface area contributed by atoms with Gasteiger partial charge in [0.2, 0.25) is 0 Å². The molecule has 0 aromatic carbocycles. The van der Waals surface area contributed by atoms with Crippen LogP contribution < -0.4 is 16.6 Å². The van der Waals surface area contributed by atoms with E-state index < -0.39 is 11.7 Å². The zero-order valence-electron chi connectivity index (χ0n) is 10.4. The van der Waals surface area contributed by atoms with Crippen molar-refractivity contribution < 1.29 is 9.53 Å². The molecule has 0 unspecified atom stereocenters. The first kappa shape index (κ1) is 13.3. The van der Waals surface area contributed by atoms with Gasteiger partial charge in [0.1, 0.15) is 5.60 Å². The molecule has 0 aromatic heterocycles. The Morgan fingerprint density at radius 1 is 1.31 bits per heavy atom. The number of carbonyl (C=O) groups is 1. The molecule has 1 rings (SSSR count). The molecule has 0 aliphatic heterocycles. The molecule has 0 radical (unpaired) electrons. The fourth-order valence-electron chi connectivity index (χ4n) is 1.79. The Bertz CT molecular complexity index is 238. The van der Waals surface area contributed by atoms with E-state index in [-0.39, 0.29) is 12.1 Å². The first-order valence-electron chi connectivity index (χ1n) is 5.88. The molecule has 1 aliphatic rings. The number of hydrazine groups is 1. The van der Waals surface area contributed by atoms with Crippen LogP contribution in [0.5, 0.6) is 0 Å². The van der Waals surface area contributed by atoms with Crippen LogP contribution in [-0.2, 0) is 4.74 Å². The Kier molecular flexibility index (Phi) is 4.56. The predicted octanol–water partition coefficient (Wildman–Crippen LogP) is 1.29. The molecular weight excluding hydrogens is 206 g/mol. The van der Waals surface area contributed by atoms with Crippen molar-refractivity contribution in [3.63, 3.8) is 0 Å². The number of hydrogen-bond acceptors (Lipinski definition) is 4. The van der Waals surface area contributed by atoms with Crippen molar-refractivity contribution in [3.8, 4) is 0 Å². The van der Waals surface area contributed by atoms with Crippen LogP contribution in [0.3, 0.4) is 0 Å². The summed E-state index contributed by atoms with van der Waals surface area (Å²) < 4.78 is 5.11. The van der Waals surface area contributed by atoms with E-state index in [0.717, 1.165) is 19.3 Å². The van der Waals surface area contributed by atoms with Gasteiger partial charge >= 0.3 is 6.09 Å². The molecule has 0 bridgehead atoms. The quantitative estimate of drug-likeness (QED) is 0.624. The van der Waals surface area contributed by atoms with E-state index in [1.807, 2.05) is 20.8 Å². The molecule has 1 fully saturated rings. The van der Waals surface area contributed by atoms with Gasteiger partial charge in [-0.15, -0.1) is 0 Å². The highest BCUT2D eigenvalue weighted by Gasteiger charge is 2.23. The molecule has 94 valence electrons. The first-order valence-corrected chi connectivity index (χ1v) is 5.88. The Morgan fingerprint density at radius 2 is 1.94 bits per heavy atom. The minimum Gasteiger partial charge on any atom is -0.443 e. The van der Waals surface area contributed by atoms with E-state index in [4.69, 9.17) is 10.5 Å². The summed E-state index contributed by atoms with van der Waals surface area (Å²) in [6, 6.07) is 0.268. The highest BCUT2D eigenvalue weighted by atomic mass is 16.6. The van der Waals surface area contributed by atoms with E-state index in [2.05, 4.69) is 10.9 Å². The van der Waals surface area contributed by atoms with Crippen LogP contribution in [0.25, 0.3) is 0 Å². The highest BCUT2D eigenvalue weighted by Crippen LogP contribution is 2.16. The number of ether oxygens (including phenoxy) is 1. The van der Waals surface area contributed by atoms with E-state index in [1.165, 1.54) is 6.42 Å². The van der Waals surface area contributed by atoms with E-state index in [1.54, 1.807) is 0 Å². The van der Waals surface area contributed by atoms with Gasteiger partial charge < -0.3 is 10.5 Å². The summed E-state index contributed by atoms with van der Waals surface area (Å²) in [4.78, 5) is 11.4. The van der Waals surface area contributed by atoms with E-state index >= 15 is 0 Å². The minimum atomic E-state index is -0.472. The second kappa shape index (κ2) is 5.50. The molecule has 5 heteroatoms. The van der Waals surface area contributed by atoms with Crippen LogP contribution in [0.15, 0.2) is 0 Å². The summed E-state index contributed by atoms with van der Waals surface area (Å²) in [5.74, 6) is 0. The lowest BCUT2D eigenvalue weighted by Crippen LogP contribution is -2.54. The minimum absolute atomic E-state index is 0.115. The van der Waals surface area contributed by atoms with Crippen LogP contribution in [0.1, 0.15) is 46.5 Å². The van der Waals surface area contributed by atoms with Gasteiger partial charge in [-0.1, -0.05) is 12.8 Å². The topological polar surface area (TPSA) is 76.4 Å². The van der Waals surface area contributed by atoms with Crippen molar-refractivity contribution in [3.05, 3.63) is 0 Å². The Balaban J connectivity index is 2.25. The third kappa shape index (κ3) is 4.81. The molecule has 1 saturated carbocycles. The monoisotopic (exact) mass is 229 g/mol. The molecule has 16 heavy (non-hydrogen) atoms. The van der Waals surface area contributed by atoms with Crippen LogP contribution in [0.4, 0.5) is 4.79 Å². The van der Waals surface area contributed by atoms with Crippen molar-refractivity contribution >= 4 is 6.09 Å². The van der Waals surface area contributed by atoms with E-state index in [9.17, 15) is 4.79 Å². The average Bonchev–Trinajstić information content (AvgIpc) is 2.14. The maximum atomic E-state index is 11.4. The molecule has 1 amide bonds. The fraction of sp³-hybridized carbons (Fsp3) is 0.909. The predicted molar refractivity (Wildman–Crippen MR) is 62.7 cm³/mol. The van der Waals surface area contributed by atoms with Gasteiger partial charge in [-0.25, -0.2) is 10.2 Å². The zero-order valence-corrected chi connectivity index (χ0v) is 10.4. The lowest BCUT2D eigenvalue weighted by molar-refractivity contribution is 0.0479. The lowest BCUT2D eigenvalue weighted by Gasteiger charge is -2.29. The number of amides is 1. The molecule has 0 saturated heterocycles. The highest BCUT2D eigenvalue weighted by molar-refractivity contribution is 5.67. The smallest absolute Gasteiger partial charge is 0.422 e. The number of carbonyl (C=O) groups excluding carboxylic acids is 1. The van der Waals surface area contributed by atoms with Crippen LogP contribution in [0.2, 0.25) is 0 Å². The maximum Gasteiger partial charge on any atom is 0.422 e. The molecule has 0 spiro atoms. The maximum absolute atomic E-state index is 11.4. The summed E-state index contributed by atoms with van der Waals surface area (Å²) in [6.07, 6.45) is 3.88. The number of rotatable bonds is 2. The van der Waals surface area contributed by atoms with Crippen molar-refractivity contribution in [2.24, 2.45) is 5.73 Å². The average molecular weight is 229 g/mol. The largest absolute Gasteiger partial charge is 0.443 e. The normalized spacial score (nSPS) is 26.2. The van der Waals surface area contributed by atoms with Gasteiger partial charge in [0.25, 0.3) is 0 Å². The van der Waals surface area contributed by atoms with Crippen LogP contribution >= 0.6 is 0 Å². The third-order valence-electron chi connectivity index (χ3n) is 2.58. The molecule has 1 aliphatic carbocycles. The Hall–Kier alpha value is -0.810. The Labute approximate surface area is 97.1 Å². The molecule has 0 heterocycles. The second-order valence-corrected chi connectivity index (χ2v) is 5.33. The number of hydrogen-bond donors (Lipinski definition) is 3. The van der Waals surface area contributed by atoms with Gasteiger partial charge in [-0.05, 0) is 33.6 Å². The van der Waals surface area contributed by atoms with Gasteiger partial charge in [-0.3, -0.25) is 5.43 Å². The van der Waals surface area contributed by atoms with Crippen molar-refractivity contribution in [2.75, 3.05) is 0 Å². The summed E-state index contributed by atoms with van der Waals surface area (Å²) in [7, 11) is 0. The molecule has 5 nitrogen and oxygen atoms in total. The lowest BCUT2D eigenvalue weighted by atomic mass is 9.92. The van der Waals surface area contributed by atoms with Crippen molar-refractivity contribution in [1.82, 2.24) is 10.9 Å². The van der Waals surface area contributed by atoms with Crippen LogP contribution in [-0.4, -0.2) is 23.8 Å². The van der Waals surface area contributed by atoms with Gasteiger partial charge in [0.15, 0.2) is 0 Å². The SMILES string of the molecule is CC(C)(C)OC(=O)NN[C@H]1CCCC[C@H]1N. The summed E-state index contributed by atoms with van der Waals surface area (Å²) in [6.45, 7) is 5.50. The van der Waals surface area contributed by atoms with Crippen LogP contribution in [0, 0.1) is 0 Å². The molecule has 2 atom stereocenters. The molecule has 0 aromatic rings. The van der Waals surface area contributed by atoms with Gasteiger partial charge in [0.05, 0.1) is 0 Å².